The average molecular weight is 257 g/mol. The van der Waals surface area contributed by atoms with Gasteiger partial charge >= 0.3 is 0 Å². The lowest BCUT2D eigenvalue weighted by molar-refractivity contribution is -0.127. The van der Waals surface area contributed by atoms with Crippen LogP contribution in [0.3, 0.4) is 0 Å². The number of aliphatic hydroxyl groups is 1. The molecule has 0 spiro atoms. The summed E-state index contributed by atoms with van der Waals surface area (Å²) in [6.07, 6.45) is 1.76. The molecule has 0 bridgehead atoms. The van der Waals surface area contributed by atoms with Crippen molar-refractivity contribution in [2.24, 2.45) is 17.3 Å². The van der Waals surface area contributed by atoms with Crippen molar-refractivity contribution in [2.75, 3.05) is 6.54 Å². The third kappa shape index (κ3) is 8.51. The summed E-state index contributed by atoms with van der Waals surface area (Å²) >= 11 is 0. The fraction of sp³-hybridized carbons (Fsp3) is 0.933. The number of amides is 1. The van der Waals surface area contributed by atoms with Crippen LogP contribution in [0, 0.1) is 17.3 Å². The van der Waals surface area contributed by atoms with Gasteiger partial charge in [0.2, 0.25) is 5.91 Å². The van der Waals surface area contributed by atoms with E-state index in [1.165, 1.54) is 0 Å². The van der Waals surface area contributed by atoms with Crippen LogP contribution in [0.1, 0.15) is 60.8 Å². The Balaban J connectivity index is 4.40. The Hall–Kier alpha value is -0.570. The molecule has 0 saturated carbocycles. The van der Waals surface area contributed by atoms with Gasteiger partial charge in [-0.2, -0.15) is 0 Å². The third-order valence-corrected chi connectivity index (χ3v) is 2.95. The van der Waals surface area contributed by atoms with Gasteiger partial charge in [0, 0.05) is 12.5 Å². The fourth-order valence-corrected chi connectivity index (χ4v) is 1.87. The molecule has 0 radical (unpaired) electrons. The van der Waals surface area contributed by atoms with Gasteiger partial charge in [0.1, 0.15) is 0 Å². The molecular weight excluding hydrogens is 226 g/mol. The fourth-order valence-electron chi connectivity index (χ4n) is 1.87. The molecule has 18 heavy (non-hydrogen) atoms. The van der Waals surface area contributed by atoms with E-state index in [9.17, 15) is 9.90 Å². The lowest BCUT2D eigenvalue weighted by atomic mass is 9.89. The lowest BCUT2D eigenvalue weighted by Crippen LogP contribution is -2.38. The van der Waals surface area contributed by atoms with Crippen molar-refractivity contribution in [1.82, 2.24) is 5.32 Å². The molecule has 0 rings (SSSR count). The summed E-state index contributed by atoms with van der Waals surface area (Å²) in [6.45, 7) is 13.2. The number of rotatable bonds is 7. The van der Waals surface area contributed by atoms with Crippen LogP contribution in [0.4, 0.5) is 0 Å². The van der Waals surface area contributed by atoms with Crippen molar-refractivity contribution >= 4 is 5.91 Å². The molecule has 1 amide bonds. The smallest absolute Gasteiger partial charge is 0.223 e. The van der Waals surface area contributed by atoms with Crippen molar-refractivity contribution in [1.29, 1.82) is 0 Å². The molecule has 108 valence electrons. The molecule has 2 unspecified atom stereocenters. The number of hydrogen-bond donors (Lipinski definition) is 2. The molecule has 2 atom stereocenters. The second kappa shape index (κ2) is 7.78. The Morgan fingerprint density at radius 2 is 1.78 bits per heavy atom. The molecule has 2 N–H and O–H groups in total. The van der Waals surface area contributed by atoms with Crippen LogP contribution >= 0.6 is 0 Å². The van der Waals surface area contributed by atoms with Gasteiger partial charge in [0.05, 0.1) is 6.10 Å². The number of hydrogen-bond acceptors (Lipinski definition) is 2. The van der Waals surface area contributed by atoms with Crippen LogP contribution in [0.5, 0.6) is 0 Å². The minimum atomic E-state index is -0.367. The molecule has 0 fully saturated rings. The molecule has 3 nitrogen and oxygen atoms in total. The first-order valence-corrected chi connectivity index (χ1v) is 7.11. The van der Waals surface area contributed by atoms with Gasteiger partial charge < -0.3 is 10.4 Å². The van der Waals surface area contributed by atoms with Gasteiger partial charge in [-0.15, -0.1) is 0 Å². The minimum absolute atomic E-state index is 0.0673. The lowest BCUT2D eigenvalue weighted by Gasteiger charge is -2.24. The van der Waals surface area contributed by atoms with E-state index >= 15 is 0 Å². The molecule has 0 aliphatic rings. The number of carbonyl (C=O) groups excluding carboxylic acids is 1. The predicted octanol–water partition coefficient (Wildman–Crippen LogP) is 2.97. The number of nitrogens with one attached hydrogen (secondary N) is 1. The van der Waals surface area contributed by atoms with Crippen molar-refractivity contribution in [3.8, 4) is 0 Å². The van der Waals surface area contributed by atoms with Gasteiger partial charge in [0.25, 0.3) is 0 Å². The molecule has 0 aliphatic carbocycles. The maximum Gasteiger partial charge on any atom is 0.223 e. The summed E-state index contributed by atoms with van der Waals surface area (Å²) in [5.41, 5.74) is 0.0986. The van der Waals surface area contributed by atoms with E-state index in [0.29, 0.717) is 25.3 Å². The second-order valence-electron chi connectivity index (χ2n) is 6.90. The number of carbonyl (C=O) groups is 1. The molecule has 3 heteroatoms. The van der Waals surface area contributed by atoms with E-state index in [4.69, 9.17) is 0 Å². The summed E-state index contributed by atoms with van der Waals surface area (Å²) in [5, 5.41) is 12.7. The Kier molecular flexibility index (Phi) is 7.53. The van der Waals surface area contributed by atoms with E-state index in [1.54, 1.807) is 0 Å². The first-order valence-electron chi connectivity index (χ1n) is 7.11. The largest absolute Gasteiger partial charge is 0.393 e. The highest BCUT2D eigenvalue weighted by molar-refractivity contribution is 5.78. The van der Waals surface area contributed by atoms with Gasteiger partial charge in [0.15, 0.2) is 0 Å². The molecule has 0 aromatic rings. The van der Waals surface area contributed by atoms with E-state index in [2.05, 4.69) is 39.9 Å². The second-order valence-corrected chi connectivity index (χ2v) is 6.90. The Labute approximate surface area is 112 Å². The van der Waals surface area contributed by atoms with Crippen LogP contribution < -0.4 is 5.32 Å². The SMILES string of the molecule is CCC(O)CC(CC(C)C)C(=O)NCC(C)(C)C. The first kappa shape index (κ1) is 17.4. The van der Waals surface area contributed by atoms with E-state index in [1.807, 2.05) is 6.92 Å². The average Bonchev–Trinajstić information content (AvgIpc) is 2.23. The normalized spacial score (nSPS) is 15.6. The molecule has 0 aliphatic heterocycles. The van der Waals surface area contributed by atoms with Crippen molar-refractivity contribution < 1.29 is 9.90 Å². The molecular formula is C15H31NO2. The summed E-state index contributed by atoms with van der Waals surface area (Å²) in [7, 11) is 0. The molecule has 0 heterocycles. The topological polar surface area (TPSA) is 49.3 Å². The summed E-state index contributed by atoms with van der Waals surface area (Å²) in [5.74, 6) is 0.493. The first-order chi connectivity index (χ1) is 8.15. The van der Waals surface area contributed by atoms with Gasteiger partial charge in [-0.05, 0) is 30.6 Å². The maximum atomic E-state index is 12.2. The van der Waals surface area contributed by atoms with E-state index in [-0.39, 0.29) is 23.3 Å². The summed E-state index contributed by atoms with van der Waals surface area (Å²) < 4.78 is 0. The maximum absolute atomic E-state index is 12.2. The highest BCUT2D eigenvalue weighted by atomic mass is 16.3. The van der Waals surface area contributed by atoms with Crippen LogP contribution in [-0.4, -0.2) is 23.7 Å². The van der Waals surface area contributed by atoms with Crippen molar-refractivity contribution in [2.45, 2.75) is 66.9 Å². The number of aliphatic hydroxyl groups excluding tert-OH is 1. The van der Waals surface area contributed by atoms with Crippen LogP contribution in [0.2, 0.25) is 0 Å². The van der Waals surface area contributed by atoms with E-state index < -0.39 is 0 Å². The Morgan fingerprint density at radius 1 is 1.22 bits per heavy atom. The summed E-state index contributed by atoms with van der Waals surface area (Å²) in [4.78, 5) is 12.2. The van der Waals surface area contributed by atoms with Crippen LogP contribution in [-0.2, 0) is 4.79 Å². The predicted molar refractivity (Wildman–Crippen MR) is 76.3 cm³/mol. The zero-order chi connectivity index (χ0) is 14.3. The Morgan fingerprint density at radius 3 is 2.17 bits per heavy atom. The highest BCUT2D eigenvalue weighted by Crippen LogP contribution is 2.19. The minimum Gasteiger partial charge on any atom is -0.393 e. The van der Waals surface area contributed by atoms with Crippen LogP contribution in [0.25, 0.3) is 0 Å². The van der Waals surface area contributed by atoms with Crippen molar-refractivity contribution in [3.05, 3.63) is 0 Å². The molecule has 0 aromatic carbocycles. The standard InChI is InChI=1S/C15H31NO2/c1-7-13(17)9-12(8-11(2)3)14(18)16-10-15(4,5)6/h11-13,17H,7-10H2,1-6H3,(H,16,18). The zero-order valence-corrected chi connectivity index (χ0v) is 12.9. The highest BCUT2D eigenvalue weighted by Gasteiger charge is 2.23. The van der Waals surface area contributed by atoms with Gasteiger partial charge in [-0.3, -0.25) is 4.79 Å². The quantitative estimate of drug-likeness (QED) is 0.736. The molecule has 0 aromatic heterocycles. The van der Waals surface area contributed by atoms with E-state index in [0.717, 1.165) is 6.42 Å². The zero-order valence-electron chi connectivity index (χ0n) is 12.9. The molecule has 0 saturated heterocycles. The van der Waals surface area contributed by atoms with Gasteiger partial charge in [-0.25, -0.2) is 0 Å². The summed E-state index contributed by atoms with van der Waals surface area (Å²) in [6, 6.07) is 0. The Bertz CT molecular complexity index is 243. The van der Waals surface area contributed by atoms with Crippen molar-refractivity contribution in [3.63, 3.8) is 0 Å². The monoisotopic (exact) mass is 257 g/mol. The van der Waals surface area contributed by atoms with Crippen LogP contribution in [0.15, 0.2) is 0 Å². The third-order valence-electron chi connectivity index (χ3n) is 2.95. The van der Waals surface area contributed by atoms with Gasteiger partial charge in [-0.1, -0.05) is 41.5 Å².